The Morgan fingerprint density at radius 3 is 2.32 bits per heavy atom. The molecule has 0 atom stereocenters. The Balaban J connectivity index is 2.13. The molecule has 0 unspecified atom stereocenters. The zero-order valence-corrected chi connectivity index (χ0v) is 13.8. The highest BCUT2D eigenvalue weighted by Gasteiger charge is 2.35. The van der Waals surface area contributed by atoms with Gasteiger partial charge in [0.15, 0.2) is 0 Å². The summed E-state index contributed by atoms with van der Waals surface area (Å²) < 4.78 is 26.6. The highest BCUT2D eigenvalue weighted by Crippen LogP contribution is 2.26. The van der Waals surface area contributed by atoms with Crippen molar-refractivity contribution in [1.82, 2.24) is 4.31 Å². The number of aliphatic hydroxyl groups is 1. The Hall–Kier alpha value is -1.61. The van der Waals surface area contributed by atoms with Crippen LogP contribution in [0.15, 0.2) is 41.3 Å². The average Bonchev–Trinajstić information content (AvgIpc) is 2.46. The van der Waals surface area contributed by atoms with Gasteiger partial charge in [-0.25, -0.2) is 8.42 Å². The highest BCUT2D eigenvalue weighted by atomic mass is 32.2. The summed E-state index contributed by atoms with van der Waals surface area (Å²) in [4.78, 5) is 0.288. The molecule has 5 heteroatoms. The van der Waals surface area contributed by atoms with Crippen molar-refractivity contribution < 1.29 is 13.5 Å². The van der Waals surface area contributed by atoms with E-state index in [0.717, 1.165) is 5.56 Å². The molecule has 1 saturated heterocycles. The molecule has 0 spiro atoms. The lowest BCUT2D eigenvalue weighted by Gasteiger charge is -2.34. The van der Waals surface area contributed by atoms with Crippen LogP contribution in [0.5, 0.6) is 0 Å². The molecule has 118 valence electrons. The third kappa shape index (κ3) is 3.77. The summed E-state index contributed by atoms with van der Waals surface area (Å²) in [5, 5.41) is 10.4. The molecule has 0 saturated carbocycles. The Kier molecular flexibility index (Phi) is 4.76. The molecule has 1 aromatic rings. The average molecular weight is 319 g/mol. The minimum absolute atomic E-state index is 0.261. The largest absolute Gasteiger partial charge is 0.377 e. The number of benzene rings is 1. The molecule has 1 aliphatic heterocycles. The minimum atomic E-state index is -3.50. The molecule has 22 heavy (non-hydrogen) atoms. The minimum Gasteiger partial charge on any atom is -0.377 e. The standard InChI is InChI=1S/C17H21NO3S/c1-14(2)8-9-17(19)10-12-18(13-11-17)22(20,21)16-6-4-15(3)5-7-16/h4-7,19H,1,10-13H2,2-3H3. The van der Waals surface area contributed by atoms with Crippen LogP contribution >= 0.6 is 0 Å². The zero-order valence-electron chi connectivity index (χ0n) is 13.0. The second-order valence-electron chi connectivity index (χ2n) is 5.78. The molecule has 1 aromatic carbocycles. The molecule has 0 aromatic heterocycles. The van der Waals surface area contributed by atoms with Crippen LogP contribution in [0.4, 0.5) is 0 Å². The molecule has 1 aliphatic rings. The van der Waals surface area contributed by atoms with Crippen LogP contribution in [0.3, 0.4) is 0 Å². The summed E-state index contributed by atoms with van der Waals surface area (Å²) >= 11 is 0. The first-order valence-corrected chi connectivity index (χ1v) is 8.65. The Morgan fingerprint density at radius 1 is 1.27 bits per heavy atom. The van der Waals surface area contributed by atoms with Gasteiger partial charge in [0.05, 0.1) is 4.90 Å². The van der Waals surface area contributed by atoms with Crippen molar-refractivity contribution in [3.63, 3.8) is 0 Å². The van der Waals surface area contributed by atoms with Crippen LogP contribution in [-0.2, 0) is 10.0 Å². The summed E-state index contributed by atoms with van der Waals surface area (Å²) in [6, 6.07) is 6.80. The molecule has 1 heterocycles. The number of nitrogens with zero attached hydrogens (tertiary/aromatic N) is 1. The normalized spacial score (nSPS) is 18.3. The summed E-state index contributed by atoms with van der Waals surface area (Å²) in [7, 11) is -3.50. The fourth-order valence-electron chi connectivity index (χ4n) is 2.30. The predicted octanol–water partition coefficient (Wildman–Crippen LogP) is 2.09. The molecular formula is C17H21NO3S. The number of aryl methyl sites for hydroxylation is 1. The van der Waals surface area contributed by atoms with Crippen molar-refractivity contribution in [2.45, 2.75) is 37.2 Å². The summed E-state index contributed by atoms with van der Waals surface area (Å²) in [6.07, 6.45) is 0.608. The van der Waals surface area contributed by atoms with Crippen LogP contribution < -0.4 is 0 Å². The van der Waals surface area contributed by atoms with E-state index < -0.39 is 15.6 Å². The monoisotopic (exact) mass is 319 g/mol. The zero-order chi connectivity index (χ0) is 16.4. The fraction of sp³-hybridized carbons (Fsp3) is 0.412. The highest BCUT2D eigenvalue weighted by molar-refractivity contribution is 7.89. The molecule has 0 amide bonds. The lowest BCUT2D eigenvalue weighted by molar-refractivity contribution is 0.0487. The Bertz CT molecular complexity index is 715. The number of hydrogen-bond acceptors (Lipinski definition) is 3. The number of rotatable bonds is 2. The lowest BCUT2D eigenvalue weighted by atomic mass is 9.93. The van der Waals surface area contributed by atoms with Crippen LogP contribution in [0.1, 0.15) is 25.3 Å². The fourth-order valence-corrected chi connectivity index (χ4v) is 3.75. The van der Waals surface area contributed by atoms with Gasteiger partial charge in [-0.05, 0) is 31.6 Å². The first-order valence-electron chi connectivity index (χ1n) is 7.21. The van der Waals surface area contributed by atoms with Gasteiger partial charge < -0.3 is 5.11 Å². The maximum Gasteiger partial charge on any atom is 0.243 e. The third-order valence-electron chi connectivity index (χ3n) is 3.72. The van der Waals surface area contributed by atoms with E-state index in [1.807, 2.05) is 6.92 Å². The summed E-state index contributed by atoms with van der Waals surface area (Å²) in [6.45, 7) is 7.89. The van der Waals surface area contributed by atoms with E-state index in [9.17, 15) is 13.5 Å². The number of sulfonamides is 1. The maximum atomic E-state index is 12.6. The van der Waals surface area contributed by atoms with E-state index in [1.165, 1.54) is 4.31 Å². The van der Waals surface area contributed by atoms with Crippen molar-refractivity contribution in [2.75, 3.05) is 13.1 Å². The predicted molar refractivity (Wildman–Crippen MR) is 86.7 cm³/mol. The quantitative estimate of drug-likeness (QED) is 0.849. The molecule has 0 bridgehead atoms. The van der Waals surface area contributed by atoms with Gasteiger partial charge in [0, 0.05) is 25.9 Å². The van der Waals surface area contributed by atoms with Crippen LogP contribution in [0.2, 0.25) is 0 Å². The van der Waals surface area contributed by atoms with E-state index >= 15 is 0 Å². The maximum absolute atomic E-state index is 12.6. The van der Waals surface area contributed by atoms with E-state index in [-0.39, 0.29) is 18.0 Å². The second kappa shape index (κ2) is 6.25. The van der Waals surface area contributed by atoms with Gasteiger partial charge in [-0.15, -0.1) is 0 Å². The van der Waals surface area contributed by atoms with E-state index in [2.05, 4.69) is 18.4 Å². The van der Waals surface area contributed by atoms with Gasteiger partial charge in [0.25, 0.3) is 0 Å². The van der Waals surface area contributed by atoms with Gasteiger partial charge in [0.1, 0.15) is 5.60 Å². The van der Waals surface area contributed by atoms with Crippen molar-refractivity contribution in [3.05, 3.63) is 42.0 Å². The van der Waals surface area contributed by atoms with Crippen LogP contribution in [0, 0.1) is 18.8 Å². The van der Waals surface area contributed by atoms with Gasteiger partial charge in [-0.3, -0.25) is 0 Å². The topological polar surface area (TPSA) is 57.6 Å². The number of piperidine rings is 1. The van der Waals surface area contributed by atoms with Gasteiger partial charge in [-0.2, -0.15) is 4.31 Å². The Morgan fingerprint density at radius 2 is 1.82 bits per heavy atom. The molecule has 0 radical (unpaired) electrons. The van der Waals surface area contributed by atoms with Crippen molar-refractivity contribution in [1.29, 1.82) is 0 Å². The van der Waals surface area contributed by atoms with Gasteiger partial charge in [-0.1, -0.05) is 36.1 Å². The van der Waals surface area contributed by atoms with Crippen molar-refractivity contribution in [2.24, 2.45) is 0 Å². The van der Waals surface area contributed by atoms with E-state index in [0.29, 0.717) is 18.4 Å². The smallest absolute Gasteiger partial charge is 0.243 e. The van der Waals surface area contributed by atoms with Gasteiger partial charge >= 0.3 is 0 Å². The summed E-state index contributed by atoms with van der Waals surface area (Å²) in [5.41, 5.74) is 0.572. The molecule has 2 rings (SSSR count). The second-order valence-corrected chi connectivity index (χ2v) is 7.72. The van der Waals surface area contributed by atoms with Crippen molar-refractivity contribution in [3.8, 4) is 11.8 Å². The Labute approximate surface area is 132 Å². The number of hydrogen-bond donors (Lipinski definition) is 1. The molecule has 4 nitrogen and oxygen atoms in total. The van der Waals surface area contributed by atoms with Crippen LogP contribution in [-0.4, -0.2) is 36.5 Å². The van der Waals surface area contributed by atoms with Crippen molar-refractivity contribution >= 4 is 10.0 Å². The SMILES string of the molecule is C=C(C)C#CC1(O)CCN(S(=O)(=O)c2ccc(C)cc2)CC1. The molecule has 1 N–H and O–H groups in total. The number of allylic oxidation sites excluding steroid dienone is 1. The summed E-state index contributed by atoms with van der Waals surface area (Å²) in [5.74, 6) is 5.59. The lowest BCUT2D eigenvalue weighted by Crippen LogP contribution is -2.45. The van der Waals surface area contributed by atoms with Gasteiger partial charge in [0.2, 0.25) is 10.0 Å². The molecular weight excluding hydrogens is 298 g/mol. The third-order valence-corrected chi connectivity index (χ3v) is 5.63. The first kappa shape index (κ1) is 16.8. The molecule has 0 aliphatic carbocycles. The molecule has 1 fully saturated rings. The first-order chi connectivity index (χ1) is 10.2. The van der Waals surface area contributed by atoms with Crippen LogP contribution in [0.25, 0.3) is 0 Å². The van der Waals surface area contributed by atoms with E-state index in [1.54, 1.807) is 31.2 Å². The van der Waals surface area contributed by atoms with E-state index in [4.69, 9.17) is 0 Å².